The topological polar surface area (TPSA) is 25.0 Å². The number of ether oxygens (including phenoxy) is 1. The Hall–Kier alpha value is -1.58. The summed E-state index contributed by atoms with van der Waals surface area (Å²) in [5.41, 5.74) is 2.02. The third kappa shape index (κ3) is 2.15. The second-order valence-electron chi connectivity index (χ2n) is 4.01. The van der Waals surface area contributed by atoms with Crippen LogP contribution in [0, 0.1) is 0 Å². The smallest absolute Gasteiger partial charge is 0.387 e. The summed E-state index contributed by atoms with van der Waals surface area (Å²) < 4.78 is 28.4. The summed E-state index contributed by atoms with van der Waals surface area (Å²) in [4.78, 5) is 3.23. The first-order chi connectivity index (χ1) is 7.56. The summed E-state index contributed by atoms with van der Waals surface area (Å²) in [7, 11) is 0. The average Bonchev–Trinajstić information content (AvgIpc) is 2.59. The SMILES string of the molecule is CC(C)c1cc2cc(OC(F)F)ccc2[nH]1. The average molecular weight is 225 g/mol. The van der Waals surface area contributed by atoms with Crippen molar-refractivity contribution in [1.82, 2.24) is 4.98 Å². The van der Waals surface area contributed by atoms with Crippen molar-refractivity contribution in [1.29, 1.82) is 0 Å². The zero-order valence-corrected chi connectivity index (χ0v) is 9.13. The van der Waals surface area contributed by atoms with E-state index in [-0.39, 0.29) is 5.75 Å². The summed E-state index contributed by atoms with van der Waals surface area (Å²) in [5.74, 6) is 0.573. The second kappa shape index (κ2) is 4.12. The van der Waals surface area contributed by atoms with Gasteiger partial charge in [-0.3, -0.25) is 0 Å². The highest BCUT2D eigenvalue weighted by Gasteiger charge is 2.08. The minimum absolute atomic E-state index is 0.191. The van der Waals surface area contributed by atoms with Gasteiger partial charge >= 0.3 is 6.61 Å². The summed E-state index contributed by atoms with van der Waals surface area (Å²) in [6, 6.07) is 6.86. The van der Waals surface area contributed by atoms with Gasteiger partial charge in [-0.05, 0) is 30.2 Å². The molecule has 0 radical (unpaired) electrons. The molecule has 2 aromatic rings. The minimum atomic E-state index is -2.78. The number of aromatic nitrogens is 1. The van der Waals surface area contributed by atoms with E-state index in [4.69, 9.17) is 0 Å². The van der Waals surface area contributed by atoms with Crippen LogP contribution >= 0.6 is 0 Å². The molecular formula is C12H13F2NO. The van der Waals surface area contributed by atoms with Crippen LogP contribution in [-0.2, 0) is 0 Å². The van der Waals surface area contributed by atoms with Gasteiger partial charge in [0.25, 0.3) is 0 Å². The summed E-state index contributed by atoms with van der Waals surface area (Å²) in [5, 5.41) is 0.891. The van der Waals surface area contributed by atoms with Crippen LogP contribution in [0.3, 0.4) is 0 Å². The Morgan fingerprint density at radius 2 is 1.94 bits per heavy atom. The maximum absolute atomic E-state index is 12.0. The molecule has 16 heavy (non-hydrogen) atoms. The van der Waals surface area contributed by atoms with Gasteiger partial charge in [0.05, 0.1) is 0 Å². The van der Waals surface area contributed by atoms with Crippen molar-refractivity contribution < 1.29 is 13.5 Å². The molecule has 0 fully saturated rings. The molecule has 86 valence electrons. The van der Waals surface area contributed by atoms with Crippen molar-refractivity contribution in [3.63, 3.8) is 0 Å². The van der Waals surface area contributed by atoms with Gasteiger partial charge in [-0.2, -0.15) is 8.78 Å². The Labute approximate surface area is 92.2 Å². The molecule has 0 atom stereocenters. The first-order valence-corrected chi connectivity index (χ1v) is 5.14. The van der Waals surface area contributed by atoms with E-state index in [9.17, 15) is 8.78 Å². The summed E-state index contributed by atoms with van der Waals surface area (Å²) in [6.07, 6.45) is 0. The van der Waals surface area contributed by atoms with Crippen molar-refractivity contribution in [3.05, 3.63) is 30.0 Å². The number of halogens is 2. The van der Waals surface area contributed by atoms with Gasteiger partial charge in [-0.15, -0.1) is 0 Å². The number of rotatable bonds is 3. The lowest BCUT2D eigenvalue weighted by atomic mass is 10.1. The zero-order chi connectivity index (χ0) is 11.7. The van der Waals surface area contributed by atoms with Crippen molar-refractivity contribution >= 4 is 10.9 Å². The van der Waals surface area contributed by atoms with E-state index in [1.165, 1.54) is 6.07 Å². The molecule has 2 nitrogen and oxygen atoms in total. The van der Waals surface area contributed by atoms with E-state index in [2.05, 4.69) is 23.6 Å². The molecule has 2 rings (SSSR count). The van der Waals surface area contributed by atoms with E-state index in [0.717, 1.165) is 16.6 Å². The third-order valence-corrected chi connectivity index (χ3v) is 2.46. The minimum Gasteiger partial charge on any atom is -0.435 e. The maximum Gasteiger partial charge on any atom is 0.387 e. The Kier molecular flexibility index (Phi) is 2.81. The van der Waals surface area contributed by atoms with Gasteiger partial charge in [0, 0.05) is 16.6 Å². The Bertz CT molecular complexity index is 491. The van der Waals surface area contributed by atoms with E-state index < -0.39 is 6.61 Å². The highest BCUT2D eigenvalue weighted by Crippen LogP contribution is 2.25. The molecule has 4 heteroatoms. The number of alkyl halides is 2. The number of nitrogens with one attached hydrogen (secondary N) is 1. The van der Waals surface area contributed by atoms with E-state index in [1.54, 1.807) is 12.1 Å². The monoisotopic (exact) mass is 225 g/mol. The predicted octanol–water partition coefficient (Wildman–Crippen LogP) is 3.89. The van der Waals surface area contributed by atoms with Crippen LogP contribution in [0.1, 0.15) is 25.5 Å². The fraction of sp³-hybridized carbons (Fsp3) is 0.333. The van der Waals surface area contributed by atoms with Crippen LogP contribution in [0.4, 0.5) is 8.78 Å². The van der Waals surface area contributed by atoms with Crippen molar-refractivity contribution in [2.45, 2.75) is 26.4 Å². The van der Waals surface area contributed by atoms with Gasteiger partial charge < -0.3 is 9.72 Å². The molecule has 1 N–H and O–H groups in total. The molecule has 0 aliphatic rings. The molecule has 0 spiro atoms. The third-order valence-electron chi connectivity index (χ3n) is 2.46. The molecule has 0 saturated carbocycles. The van der Waals surface area contributed by atoms with Crippen molar-refractivity contribution in [2.75, 3.05) is 0 Å². The number of hydrogen-bond donors (Lipinski definition) is 1. The Balaban J connectivity index is 2.38. The number of H-pyrrole nitrogens is 1. The lowest BCUT2D eigenvalue weighted by molar-refractivity contribution is -0.0497. The van der Waals surface area contributed by atoms with Crippen LogP contribution in [-0.4, -0.2) is 11.6 Å². The van der Waals surface area contributed by atoms with E-state index in [0.29, 0.717) is 5.92 Å². The molecule has 1 heterocycles. The van der Waals surface area contributed by atoms with Crippen LogP contribution in [0.25, 0.3) is 10.9 Å². The highest BCUT2D eigenvalue weighted by atomic mass is 19.3. The van der Waals surface area contributed by atoms with E-state index in [1.807, 2.05) is 6.07 Å². The summed E-state index contributed by atoms with van der Waals surface area (Å²) >= 11 is 0. The van der Waals surface area contributed by atoms with Gasteiger partial charge in [0.2, 0.25) is 0 Å². The maximum atomic E-state index is 12.0. The molecule has 1 aromatic heterocycles. The molecule has 1 aromatic carbocycles. The highest BCUT2D eigenvalue weighted by molar-refractivity contribution is 5.82. The van der Waals surface area contributed by atoms with Crippen LogP contribution in [0.15, 0.2) is 24.3 Å². The van der Waals surface area contributed by atoms with Crippen LogP contribution < -0.4 is 4.74 Å². The first-order valence-electron chi connectivity index (χ1n) is 5.14. The zero-order valence-electron chi connectivity index (χ0n) is 9.13. The number of fused-ring (bicyclic) bond motifs is 1. The van der Waals surface area contributed by atoms with Gasteiger partial charge in [0.15, 0.2) is 0 Å². The van der Waals surface area contributed by atoms with Gasteiger partial charge in [-0.25, -0.2) is 0 Å². The number of hydrogen-bond acceptors (Lipinski definition) is 1. The Morgan fingerprint density at radius 3 is 2.56 bits per heavy atom. The quantitative estimate of drug-likeness (QED) is 0.842. The lowest BCUT2D eigenvalue weighted by Crippen LogP contribution is -2.01. The molecule has 0 amide bonds. The van der Waals surface area contributed by atoms with E-state index >= 15 is 0 Å². The molecular weight excluding hydrogens is 212 g/mol. The predicted molar refractivity (Wildman–Crippen MR) is 59.0 cm³/mol. The van der Waals surface area contributed by atoms with Crippen molar-refractivity contribution in [2.24, 2.45) is 0 Å². The molecule has 0 aliphatic heterocycles. The standard InChI is InChI=1S/C12H13F2NO/c1-7(2)11-6-8-5-9(16-12(13)14)3-4-10(8)15-11/h3-7,12,15H,1-2H3. The normalized spacial score (nSPS) is 11.6. The summed E-state index contributed by atoms with van der Waals surface area (Å²) in [6.45, 7) is 1.36. The van der Waals surface area contributed by atoms with Crippen molar-refractivity contribution in [3.8, 4) is 5.75 Å². The first kappa shape index (κ1) is 10.9. The number of benzene rings is 1. The fourth-order valence-electron chi connectivity index (χ4n) is 1.62. The largest absolute Gasteiger partial charge is 0.435 e. The molecule has 0 saturated heterocycles. The van der Waals surface area contributed by atoms with Crippen LogP contribution in [0.5, 0.6) is 5.75 Å². The second-order valence-corrected chi connectivity index (χ2v) is 4.01. The molecule has 0 unspecified atom stereocenters. The van der Waals surface area contributed by atoms with Gasteiger partial charge in [-0.1, -0.05) is 13.8 Å². The number of aromatic amines is 1. The Morgan fingerprint density at radius 1 is 1.19 bits per heavy atom. The molecule has 0 aliphatic carbocycles. The lowest BCUT2D eigenvalue weighted by Gasteiger charge is -2.03. The van der Waals surface area contributed by atoms with Crippen LogP contribution in [0.2, 0.25) is 0 Å². The molecule has 0 bridgehead atoms. The van der Waals surface area contributed by atoms with Gasteiger partial charge in [0.1, 0.15) is 5.75 Å². The fourth-order valence-corrected chi connectivity index (χ4v) is 1.62.